The molecule has 1 aromatic rings. The van der Waals surface area contributed by atoms with Crippen LogP contribution in [0.3, 0.4) is 0 Å². The van der Waals surface area contributed by atoms with E-state index in [4.69, 9.17) is 13.0 Å². The Kier molecular flexibility index (Phi) is 5.84. The molecule has 1 fully saturated rings. The maximum Gasteiger partial charge on any atom is 0.234 e. The normalized spacial score (nSPS) is 26.3. The van der Waals surface area contributed by atoms with E-state index in [2.05, 4.69) is 41.5 Å². The maximum atomic E-state index is 6.64. The second kappa shape index (κ2) is 7.78. The number of aliphatic imine (C=N–C) groups is 1. The predicted octanol–water partition coefficient (Wildman–Crippen LogP) is 6.03. The molecule has 2 radical (unpaired) electrons. The van der Waals surface area contributed by atoms with E-state index >= 15 is 0 Å². The third-order valence-corrected chi connectivity index (χ3v) is 7.05. The van der Waals surface area contributed by atoms with Crippen LogP contribution in [0.15, 0.2) is 10.7 Å². The van der Waals surface area contributed by atoms with Crippen molar-refractivity contribution >= 4 is 19.3 Å². The lowest BCUT2D eigenvalue weighted by molar-refractivity contribution is 0.423. The molecule has 26 heavy (non-hydrogen) atoms. The summed E-state index contributed by atoms with van der Waals surface area (Å²) >= 11 is 0. The van der Waals surface area contributed by atoms with E-state index in [1.54, 1.807) is 0 Å². The molecule has 1 saturated carbocycles. The number of nitrogens with zero attached hydrogens (tertiary/aromatic N) is 2. The minimum Gasteiger partial charge on any atom is -0.401 e. The van der Waals surface area contributed by atoms with Gasteiger partial charge in [-0.3, -0.25) is 4.99 Å². The van der Waals surface area contributed by atoms with E-state index < -0.39 is 0 Å². The molecule has 2 heterocycles. The van der Waals surface area contributed by atoms with E-state index in [1.807, 2.05) is 4.48 Å². The Morgan fingerprint density at radius 3 is 2.27 bits per heavy atom. The van der Waals surface area contributed by atoms with Crippen molar-refractivity contribution in [1.82, 2.24) is 4.48 Å². The molecule has 2 atom stereocenters. The van der Waals surface area contributed by atoms with Crippen LogP contribution in [0.1, 0.15) is 88.7 Å². The fraction of sp³-hybridized carbons (Fsp3) is 0.696. The van der Waals surface area contributed by atoms with Gasteiger partial charge in [0, 0.05) is 34.6 Å². The molecule has 2 aliphatic rings. The summed E-state index contributed by atoms with van der Waals surface area (Å²) in [5, 5.41) is 0. The first kappa shape index (κ1) is 19.5. The number of hydrogen-bond donors (Lipinski definition) is 0. The van der Waals surface area contributed by atoms with E-state index in [-0.39, 0.29) is 0 Å². The second-order valence-electron chi connectivity index (χ2n) is 8.45. The predicted molar refractivity (Wildman–Crippen MR) is 114 cm³/mol. The van der Waals surface area contributed by atoms with Crippen LogP contribution in [0, 0.1) is 31.6 Å². The van der Waals surface area contributed by atoms with Crippen LogP contribution < -0.4 is 0 Å². The lowest BCUT2D eigenvalue weighted by atomic mass is 9.77. The summed E-state index contributed by atoms with van der Waals surface area (Å²) in [5.74, 6) is 1.68. The van der Waals surface area contributed by atoms with Crippen molar-refractivity contribution < 1.29 is 0 Å². The Bertz CT molecular complexity index is 732. The molecule has 2 unspecified atom stereocenters. The van der Waals surface area contributed by atoms with Crippen LogP contribution in [-0.2, 0) is 6.42 Å². The Morgan fingerprint density at radius 1 is 1.12 bits per heavy atom. The van der Waals surface area contributed by atoms with Crippen LogP contribution in [0.2, 0.25) is 0 Å². The zero-order valence-corrected chi connectivity index (χ0v) is 17.7. The Balaban J connectivity index is 2.23. The van der Waals surface area contributed by atoms with Gasteiger partial charge in [-0.25, -0.2) is 0 Å². The first-order chi connectivity index (χ1) is 12.4. The molecule has 3 heteroatoms. The molecule has 2 nitrogen and oxygen atoms in total. The molecule has 0 amide bonds. The summed E-state index contributed by atoms with van der Waals surface area (Å²) in [5.41, 5.74) is 9.37. The third kappa shape index (κ3) is 3.12. The quantitative estimate of drug-likeness (QED) is 0.590. The number of allylic oxidation sites excluding steroid dienone is 2. The highest BCUT2D eigenvalue weighted by Gasteiger charge is 2.35. The van der Waals surface area contributed by atoms with Crippen LogP contribution in [-0.4, -0.2) is 18.2 Å². The van der Waals surface area contributed by atoms with Gasteiger partial charge in [-0.15, -0.1) is 0 Å². The summed E-state index contributed by atoms with van der Waals surface area (Å²) in [6, 6.07) is 0. The van der Waals surface area contributed by atoms with Crippen molar-refractivity contribution in [3.05, 3.63) is 28.2 Å². The molecule has 0 bridgehead atoms. The van der Waals surface area contributed by atoms with Crippen LogP contribution in [0.5, 0.6) is 0 Å². The molecule has 1 aliphatic heterocycles. The van der Waals surface area contributed by atoms with Gasteiger partial charge in [0.25, 0.3) is 0 Å². The van der Waals surface area contributed by atoms with Gasteiger partial charge in [0.2, 0.25) is 7.98 Å². The van der Waals surface area contributed by atoms with Gasteiger partial charge in [0.05, 0.1) is 0 Å². The molecule has 140 valence electrons. The largest absolute Gasteiger partial charge is 0.401 e. The maximum absolute atomic E-state index is 6.64. The molecule has 1 aromatic heterocycles. The molecule has 0 aromatic carbocycles. The average molecular weight is 350 g/mol. The summed E-state index contributed by atoms with van der Waals surface area (Å²) in [4.78, 5) is 5.15. The summed E-state index contributed by atoms with van der Waals surface area (Å²) < 4.78 is 1.97. The fourth-order valence-corrected chi connectivity index (χ4v) is 5.56. The molecule has 3 rings (SSSR count). The van der Waals surface area contributed by atoms with Gasteiger partial charge >= 0.3 is 0 Å². The highest BCUT2D eigenvalue weighted by molar-refractivity contribution is 6.09. The lowest BCUT2D eigenvalue weighted by Crippen LogP contribution is -2.17. The van der Waals surface area contributed by atoms with E-state index in [1.165, 1.54) is 78.0 Å². The molecular weight excluding hydrogens is 315 g/mol. The van der Waals surface area contributed by atoms with Crippen molar-refractivity contribution in [1.29, 1.82) is 0 Å². The van der Waals surface area contributed by atoms with Crippen molar-refractivity contribution in [2.75, 3.05) is 0 Å². The monoisotopic (exact) mass is 350 g/mol. The molecular formula is C23H35BN2. The highest BCUT2D eigenvalue weighted by Crippen LogP contribution is 2.45. The topological polar surface area (TPSA) is 17.3 Å². The molecule has 0 N–H and O–H groups in total. The molecule has 0 saturated heterocycles. The fourth-order valence-electron chi connectivity index (χ4n) is 5.56. The third-order valence-electron chi connectivity index (χ3n) is 7.05. The van der Waals surface area contributed by atoms with Crippen LogP contribution in [0.4, 0.5) is 0 Å². The van der Waals surface area contributed by atoms with Crippen molar-refractivity contribution in [3.8, 4) is 0 Å². The van der Waals surface area contributed by atoms with Gasteiger partial charge in [-0.2, -0.15) is 0 Å². The van der Waals surface area contributed by atoms with Gasteiger partial charge in [-0.1, -0.05) is 40.0 Å². The minimum absolute atomic E-state index is 0.497. The van der Waals surface area contributed by atoms with E-state index in [0.29, 0.717) is 17.8 Å². The smallest absolute Gasteiger partial charge is 0.234 e. The Hall–Kier alpha value is -1.25. The summed E-state index contributed by atoms with van der Waals surface area (Å²) in [6.07, 6.45) is 8.80. The standard InChI is InChI=1S/C23H35BN2/c1-7-19-14(3)22(25-16(19)5)21(18-12-10-9-11-13-18)23-15(4)20(8-2)17(6)26(23)24/h14,18-19H,7-13H2,1-6H3/b22-21-. The summed E-state index contributed by atoms with van der Waals surface area (Å²) in [7, 11) is 6.64. The zero-order chi connectivity index (χ0) is 19.0. The van der Waals surface area contributed by atoms with Crippen molar-refractivity contribution in [2.24, 2.45) is 22.7 Å². The van der Waals surface area contributed by atoms with Gasteiger partial charge in [0.15, 0.2) is 0 Å². The highest BCUT2D eigenvalue weighted by atomic mass is 14.9. The lowest BCUT2D eigenvalue weighted by Gasteiger charge is -2.29. The Morgan fingerprint density at radius 2 is 1.77 bits per heavy atom. The number of aromatic nitrogens is 1. The van der Waals surface area contributed by atoms with Crippen molar-refractivity contribution in [2.45, 2.75) is 86.5 Å². The average Bonchev–Trinajstić information content (AvgIpc) is 3.03. The molecule has 0 spiro atoms. The van der Waals surface area contributed by atoms with Gasteiger partial charge in [0.1, 0.15) is 0 Å². The molecule has 1 aliphatic carbocycles. The zero-order valence-electron chi connectivity index (χ0n) is 17.7. The van der Waals surface area contributed by atoms with Crippen LogP contribution in [0.25, 0.3) is 5.57 Å². The number of hydrogen-bond acceptors (Lipinski definition) is 1. The van der Waals surface area contributed by atoms with Gasteiger partial charge in [-0.05, 0) is 69.1 Å². The number of rotatable bonds is 4. The Labute approximate surface area is 161 Å². The summed E-state index contributed by atoms with van der Waals surface area (Å²) in [6.45, 7) is 13.5. The minimum atomic E-state index is 0.497. The first-order valence-electron chi connectivity index (χ1n) is 10.7. The van der Waals surface area contributed by atoms with Crippen molar-refractivity contribution in [3.63, 3.8) is 0 Å². The first-order valence-corrected chi connectivity index (χ1v) is 10.7. The second-order valence-corrected chi connectivity index (χ2v) is 8.45. The van der Waals surface area contributed by atoms with Gasteiger partial charge < -0.3 is 4.48 Å². The SMILES string of the molecule is [B]n1c(C)c(CC)c(C)c1/C(=C1\N=C(C)C(CC)C1C)C1CCCCC1. The van der Waals surface area contributed by atoms with Crippen LogP contribution >= 0.6 is 0 Å². The van der Waals surface area contributed by atoms with E-state index in [9.17, 15) is 0 Å². The van der Waals surface area contributed by atoms with E-state index in [0.717, 1.165) is 6.42 Å².